The molecule has 1 saturated heterocycles. The zero-order valence-electron chi connectivity index (χ0n) is 14.1. The predicted octanol–water partition coefficient (Wildman–Crippen LogP) is 2.70. The van der Waals surface area contributed by atoms with Crippen molar-refractivity contribution in [2.45, 2.75) is 57.4 Å². The Morgan fingerprint density at radius 1 is 1.30 bits per heavy atom. The molecule has 0 radical (unpaired) electrons. The van der Waals surface area contributed by atoms with Crippen molar-refractivity contribution in [3.63, 3.8) is 0 Å². The SMILES string of the molecule is CCC[C@@H](C)NS(=O)(=O)c1ccc(C)c(C(=O)N2CCCC2)c1. The summed E-state index contributed by atoms with van der Waals surface area (Å²) < 4.78 is 27.7. The van der Waals surface area contributed by atoms with E-state index in [0.29, 0.717) is 5.56 Å². The number of nitrogens with zero attached hydrogens (tertiary/aromatic N) is 1. The Hall–Kier alpha value is -1.40. The fraction of sp³-hybridized carbons (Fsp3) is 0.588. The molecule has 0 aromatic heterocycles. The van der Waals surface area contributed by atoms with Crippen LogP contribution in [-0.2, 0) is 10.0 Å². The molecule has 0 aliphatic carbocycles. The Kier molecular flexibility index (Phi) is 5.81. The fourth-order valence-corrected chi connectivity index (χ4v) is 4.22. The molecule has 1 aliphatic rings. The normalized spacial score (nSPS) is 16.6. The summed E-state index contributed by atoms with van der Waals surface area (Å²) in [4.78, 5) is 14.5. The summed E-state index contributed by atoms with van der Waals surface area (Å²) in [5.74, 6) is -0.0707. The van der Waals surface area contributed by atoms with E-state index in [-0.39, 0.29) is 16.8 Å². The number of rotatable bonds is 6. The van der Waals surface area contributed by atoms with E-state index in [0.717, 1.165) is 44.3 Å². The molecule has 0 spiro atoms. The number of hydrogen-bond acceptors (Lipinski definition) is 3. The Morgan fingerprint density at radius 3 is 2.57 bits per heavy atom. The first-order chi connectivity index (χ1) is 10.8. The minimum absolute atomic E-state index is 0.0707. The monoisotopic (exact) mass is 338 g/mol. The predicted molar refractivity (Wildman–Crippen MR) is 91.0 cm³/mol. The number of likely N-dealkylation sites (tertiary alicyclic amines) is 1. The van der Waals surface area contributed by atoms with E-state index < -0.39 is 10.0 Å². The van der Waals surface area contributed by atoms with Gasteiger partial charge >= 0.3 is 0 Å². The van der Waals surface area contributed by atoms with Gasteiger partial charge < -0.3 is 4.90 Å². The second-order valence-corrected chi connectivity index (χ2v) is 8.00. The number of amides is 1. The van der Waals surface area contributed by atoms with Gasteiger partial charge in [0.15, 0.2) is 0 Å². The van der Waals surface area contributed by atoms with Gasteiger partial charge in [-0.05, 0) is 50.8 Å². The summed E-state index contributed by atoms with van der Waals surface area (Å²) in [5.41, 5.74) is 1.29. The van der Waals surface area contributed by atoms with Gasteiger partial charge in [-0.25, -0.2) is 13.1 Å². The van der Waals surface area contributed by atoms with Crippen LogP contribution < -0.4 is 4.72 Å². The molecule has 1 heterocycles. The second-order valence-electron chi connectivity index (χ2n) is 6.29. The van der Waals surface area contributed by atoms with Gasteiger partial charge in [0.25, 0.3) is 5.91 Å². The van der Waals surface area contributed by atoms with Crippen LogP contribution in [0.4, 0.5) is 0 Å². The van der Waals surface area contributed by atoms with Crippen molar-refractivity contribution in [1.82, 2.24) is 9.62 Å². The van der Waals surface area contributed by atoms with Crippen molar-refractivity contribution in [2.75, 3.05) is 13.1 Å². The number of aryl methyl sites for hydroxylation is 1. The number of sulfonamides is 1. The van der Waals surface area contributed by atoms with Crippen molar-refractivity contribution < 1.29 is 13.2 Å². The lowest BCUT2D eigenvalue weighted by atomic mass is 10.1. The lowest BCUT2D eigenvalue weighted by Gasteiger charge is -2.18. The third-order valence-electron chi connectivity index (χ3n) is 4.22. The number of carbonyl (C=O) groups is 1. The van der Waals surface area contributed by atoms with Crippen molar-refractivity contribution >= 4 is 15.9 Å². The Morgan fingerprint density at radius 2 is 1.96 bits per heavy atom. The number of benzene rings is 1. The van der Waals surface area contributed by atoms with Gasteiger partial charge in [-0.2, -0.15) is 0 Å². The van der Waals surface area contributed by atoms with Crippen molar-refractivity contribution in [3.05, 3.63) is 29.3 Å². The molecule has 1 fully saturated rings. The van der Waals surface area contributed by atoms with E-state index in [1.54, 1.807) is 17.0 Å². The van der Waals surface area contributed by atoms with E-state index in [2.05, 4.69) is 4.72 Å². The fourth-order valence-electron chi connectivity index (χ4n) is 2.91. The summed E-state index contributed by atoms with van der Waals surface area (Å²) in [7, 11) is -3.60. The van der Waals surface area contributed by atoms with Crippen LogP contribution in [0.25, 0.3) is 0 Å². The molecule has 128 valence electrons. The molecule has 6 heteroatoms. The molecule has 2 rings (SSSR count). The summed E-state index contributed by atoms with van der Waals surface area (Å²) >= 11 is 0. The summed E-state index contributed by atoms with van der Waals surface area (Å²) in [6.45, 7) is 7.21. The third kappa shape index (κ3) is 4.32. The molecule has 0 unspecified atom stereocenters. The second kappa shape index (κ2) is 7.45. The minimum Gasteiger partial charge on any atom is -0.339 e. The van der Waals surface area contributed by atoms with E-state index in [4.69, 9.17) is 0 Å². The van der Waals surface area contributed by atoms with E-state index in [9.17, 15) is 13.2 Å². The number of nitrogens with one attached hydrogen (secondary N) is 1. The maximum Gasteiger partial charge on any atom is 0.254 e. The molecule has 1 aromatic rings. The van der Waals surface area contributed by atoms with Gasteiger partial charge in [-0.1, -0.05) is 19.4 Å². The molecule has 1 atom stereocenters. The van der Waals surface area contributed by atoms with Crippen molar-refractivity contribution in [1.29, 1.82) is 0 Å². The van der Waals surface area contributed by atoms with Gasteiger partial charge in [0.05, 0.1) is 4.90 Å². The number of carbonyl (C=O) groups excluding carboxylic acids is 1. The molecule has 1 aliphatic heterocycles. The Bertz CT molecular complexity index is 664. The summed E-state index contributed by atoms with van der Waals surface area (Å²) in [5, 5.41) is 0. The summed E-state index contributed by atoms with van der Waals surface area (Å²) in [6, 6.07) is 4.67. The van der Waals surface area contributed by atoms with E-state index in [1.807, 2.05) is 20.8 Å². The van der Waals surface area contributed by atoms with E-state index in [1.165, 1.54) is 6.07 Å². The topological polar surface area (TPSA) is 66.5 Å². The molecule has 5 nitrogen and oxygen atoms in total. The highest BCUT2D eigenvalue weighted by molar-refractivity contribution is 7.89. The Balaban J connectivity index is 2.27. The van der Waals surface area contributed by atoms with Crippen LogP contribution in [0.15, 0.2) is 23.1 Å². The van der Waals surface area contributed by atoms with Crippen molar-refractivity contribution in [2.24, 2.45) is 0 Å². The number of hydrogen-bond donors (Lipinski definition) is 1. The zero-order chi connectivity index (χ0) is 17.0. The zero-order valence-corrected chi connectivity index (χ0v) is 14.9. The lowest BCUT2D eigenvalue weighted by molar-refractivity contribution is 0.0792. The highest BCUT2D eigenvalue weighted by atomic mass is 32.2. The van der Waals surface area contributed by atoms with Crippen LogP contribution in [0.2, 0.25) is 0 Å². The summed E-state index contributed by atoms with van der Waals surface area (Å²) in [6.07, 6.45) is 3.72. The van der Waals surface area contributed by atoms with Crippen LogP contribution in [0.1, 0.15) is 55.5 Å². The van der Waals surface area contributed by atoms with Gasteiger partial charge in [0.2, 0.25) is 10.0 Å². The third-order valence-corrected chi connectivity index (χ3v) is 5.81. The highest BCUT2D eigenvalue weighted by Gasteiger charge is 2.24. The van der Waals surface area contributed by atoms with Crippen LogP contribution in [0.3, 0.4) is 0 Å². The van der Waals surface area contributed by atoms with Gasteiger partial charge in [0.1, 0.15) is 0 Å². The first-order valence-electron chi connectivity index (χ1n) is 8.27. The first kappa shape index (κ1) is 17.9. The molecule has 0 saturated carbocycles. The average Bonchev–Trinajstić information content (AvgIpc) is 3.00. The standard InChI is InChI=1S/C17H26N2O3S/c1-4-7-14(3)18-23(21,22)15-9-8-13(2)16(12-15)17(20)19-10-5-6-11-19/h8-9,12,14,18H,4-7,10-11H2,1-3H3/t14-/m1/s1. The largest absolute Gasteiger partial charge is 0.339 e. The average molecular weight is 338 g/mol. The van der Waals surface area contributed by atoms with Crippen molar-refractivity contribution in [3.8, 4) is 0 Å². The highest BCUT2D eigenvalue weighted by Crippen LogP contribution is 2.20. The first-order valence-corrected chi connectivity index (χ1v) is 9.75. The molecule has 23 heavy (non-hydrogen) atoms. The molecular weight excluding hydrogens is 312 g/mol. The maximum atomic E-state index is 12.6. The molecular formula is C17H26N2O3S. The lowest BCUT2D eigenvalue weighted by Crippen LogP contribution is -2.33. The van der Waals surface area contributed by atoms with Gasteiger partial charge in [-0.15, -0.1) is 0 Å². The molecule has 1 N–H and O–H groups in total. The minimum atomic E-state index is -3.60. The molecule has 0 bridgehead atoms. The molecule has 1 aromatic carbocycles. The van der Waals surface area contributed by atoms with Crippen LogP contribution in [-0.4, -0.2) is 38.4 Å². The van der Waals surface area contributed by atoms with Gasteiger partial charge in [-0.3, -0.25) is 4.79 Å². The smallest absolute Gasteiger partial charge is 0.254 e. The maximum absolute atomic E-state index is 12.6. The van der Waals surface area contributed by atoms with Crippen LogP contribution in [0.5, 0.6) is 0 Å². The Labute approximate surface area is 139 Å². The van der Waals surface area contributed by atoms with Crippen LogP contribution in [0, 0.1) is 6.92 Å². The van der Waals surface area contributed by atoms with Crippen LogP contribution >= 0.6 is 0 Å². The van der Waals surface area contributed by atoms with Gasteiger partial charge in [0, 0.05) is 24.7 Å². The molecule has 1 amide bonds. The quantitative estimate of drug-likeness (QED) is 0.867. The van der Waals surface area contributed by atoms with E-state index >= 15 is 0 Å².